The smallest absolute Gasteiger partial charge is 0.0959 e. The average Bonchev–Trinajstić information content (AvgIpc) is 1.90. The number of hydrogen-bond acceptors (Lipinski definition) is 1. The zero-order chi connectivity index (χ0) is 5.82. The van der Waals surface area contributed by atoms with Gasteiger partial charge < -0.3 is 5.32 Å². The average molecular weight is 112 g/mol. The van der Waals surface area contributed by atoms with E-state index in [4.69, 9.17) is 0 Å². The minimum absolute atomic E-state index is 1.12. The molecule has 0 aromatic heterocycles. The van der Waals surface area contributed by atoms with Gasteiger partial charge in [-0.1, -0.05) is 0 Å². The lowest BCUT2D eigenvalue weighted by molar-refractivity contribution is 0.668. The number of nitrogens with one attached hydrogen (secondary N) is 1. The fourth-order valence-corrected chi connectivity index (χ4v) is 0.929. The highest BCUT2D eigenvalue weighted by molar-refractivity contribution is 5.82. The molecule has 1 fully saturated rings. The van der Waals surface area contributed by atoms with E-state index in [-0.39, 0.29) is 0 Å². The van der Waals surface area contributed by atoms with Crippen molar-refractivity contribution in [3.05, 3.63) is 0 Å². The molecule has 0 saturated carbocycles. The first-order chi connectivity index (χ1) is 3.93. The van der Waals surface area contributed by atoms with Crippen molar-refractivity contribution in [1.82, 2.24) is 5.32 Å². The highest BCUT2D eigenvalue weighted by Gasteiger charge is 2.02. The number of nitrogens with zero attached hydrogens (tertiary/aromatic N) is 1. The van der Waals surface area contributed by atoms with E-state index >= 15 is 0 Å². The molecule has 0 radical (unpaired) electrons. The molecule has 1 N–H and O–H groups in total. The first-order valence-electron chi connectivity index (χ1n) is 3.13. The number of amidine groups is 1. The van der Waals surface area contributed by atoms with E-state index in [0.29, 0.717) is 0 Å². The van der Waals surface area contributed by atoms with Crippen LogP contribution < -0.4 is 5.32 Å². The van der Waals surface area contributed by atoms with Crippen molar-refractivity contribution in [2.24, 2.45) is 4.99 Å². The molecule has 2 heteroatoms. The number of rotatable bonds is 0. The molecule has 1 aliphatic rings. The van der Waals surface area contributed by atoms with Gasteiger partial charge in [-0.3, -0.25) is 4.99 Å². The van der Waals surface area contributed by atoms with Crippen LogP contribution in [0.2, 0.25) is 0 Å². The van der Waals surface area contributed by atoms with E-state index in [1.54, 1.807) is 0 Å². The van der Waals surface area contributed by atoms with Crippen LogP contribution in [0.25, 0.3) is 0 Å². The fourth-order valence-electron chi connectivity index (χ4n) is 0.929. The summed E-state index contributed by atoms with van der Waals surface area (Å²) >= 11 is 0. The van der Waals surface area contributed by atoms with Gasteiger partial charge in [-0.2, -0.15) is 0 Å². The Balaban J connectivity index is 2.33. The van der Waals surface area contributed by atoms with Crippen LogP contribution in [0.4, 0.5) is 0 Å². The minimum atomic E-state index is 1.12. The summed E-state index contributed by atoms with van der Waals surface area (Å²) in [4.78, 5) is 4.05. The number of piperidine rings is 1. The largest absolute Gasteiger partial charge is 0.374 e. The maximum atomic E-state index is 4.05. The third kappa shape index (κ3) is 1.22. The van der Waals surface area contributed by atoms with Gasteiger partial charge in [0.25, 0.3) is 0 Å². The summed E-state index contributed by atoms with van der Waals surface area (Å²) in [5.41, 5.74) is 0. The highest BCUT2D eigenvalue weighted by atomic mass is 15.0. The zero-order valence-corrected chi connectivity index (χ0v) is 5.28. The Labute approximate surface area is 50.0 Å². The topological polar surface area (TPSA) is 24.4 Å². The monoisotopic (exact) mass is 112 g/mol. The van der Waals surface area contributed by atoms with Gasteiger partial charge in [0, 0.05) is 20.0 Å². The van der Waals surface area contributed by atoms with Crippen LogP contribution in [0.15, 0.2) is 4.99 Å². The molecule has 46 valence electrons. The molecular formula is C6H12N2. The normalized spacial score (nSPS) is 25.4. The first-order valence-corrected chi connectivity index (χ1v) is 3.13. The van der Waals surface area contributed by atoms with Crippen LogP contribution >= 0.6 is 0 Å². The lowest BCUT2D eigenvalue weighted by Crippen LogP contribution is -2.28. The Bertz CT molecular complexity index is 88.7. The van der Waals surface area contributed by atoms with Gasteiger partial charge in [0.05, 0.1) is 5.84 Å². The Morgan fingerprint density at radius 2 is 2.38 bits per heavy atom. The van der Waals surface area contributed by atoms with Gasteiger partial charge in [0.2, 0.25) is 0 Å². The van der Waals surface area contributed by atoms with Crippen molar-refractivity contribution >= 4 is 5.84 Å². The molecule has 0 amide bonds. The summed E-state index contributed by atoms with van der Waals surface area (Å²) < 4.78 is 0. The molecule has 8 heavy (non-hydrogen) atoms. The number of aliphatic imine (C=N–C) groups is 1. The summed E-state index contributed by atoms with van der Waals surface area (Å²) in [7, 11) is 1.84. The summed E-state index contributed by atoms with van der Waals surface area (Å²) in [6.45, 7) is 1.12. The lowest BCUT2D eigenvalue weighted by Gasteiger charge is -2.13. The molecule has 0 unspecified atom stereocenters. The van der Waals surface area contributed by atoms with Gasteiger partial charge >= 0.3 is 0 Å². The summed E-state index contributed by atoms with van der Waals surface area (Å²) in [6.07, 6.45) is 3.76. The maximum absolute atomic E-state index is 4.05. The molecule has 0 aromatic rings. The molecule has 2 nitrogen and oxygen atoms in total. The van der Waals surface area contributed by atoms with Crippen molar-refractivity contribution < 1.29 is 0 Å². The van der Waals surface area contributed by atoms with Crippen LogP contribution in [0.3, 0.4) is 0 Å². The van der Waals surface area contributed by atoms with E-state index in [0.717, 1.165) is 13.0 Å². The molecule has 1 rings (SSSR count). The van der Waals surface area contributed by atoms with Crippen LogP contribution in [-0.4, -0.2) is 19.4 Å². The zero-order valence-electron chi connectivity index (χ0n) is 5.28. The lowest BCUT2D eigenvalue weighted by atomic mass is 10.1. The summed E-state index contributed by atoms with van der Waals surface area (Å²) in [6, 6.07) is 0. The van der Waals surface area contributed by atoms with Gasteiger partial charge in [0.1, 0.15) is 0 Å². The molecule has 0 aliphatic carbocycles. The summed E-state index contributed by atoms with van der Waals surface area (Å²) in [5.74, 6) is 1.18. The second-order valence-corrected chi connectivity index (χ2v) is 2.05. The fraction of sp³-hybridized carbons (Fsp3) is 0.833. The van der Waals surface area contributed by atoms with E-state index in [2.05, 4.69) is 10.3 Å². The standard InChI is InChI=1S/C6H12N2/c1-7-6-4-2-3-5-8-6/h2-5H2,1H3,(H,7,8). The van der Waals surface area contributed by atoms with Crippen LogP contribution in [-0.2, 0) is 0 Å². The predicted octanol–water partition coefficient (Wildman–Crippen LogP) is 0.788. The van der Waals surface area contributed by atoms with Crippen molar-refractivity contribution in [2.45, 2.75) is 19.3 Å². The van der Waals surface area contributed by atoms with E-state index in [9.17, 15) is 0 Å². The summed E-state index contributed by atoms with van der Waals surface area (Å²) in [5, 5.41) is 3.22. The molecule has 1 saturated heterocycles. The second-order valence-electron chi connectivity index (χ2n) is 2.05. The van der Waals surface area contributed by atoms with Gasteiger partial charge in [-0.05, 0) is 12.8 Å². The van der Waals surface area contributed by atoms with Crippen LogP contribution in [0.1, 0.15) is 19.3 Å². The van der Waals surface area contributed by atoms with Crippen LogP contribution in [0.5, 0.6) is 0 Å². The molecule has 0 atom stereocenters. The minimum Gasteiger partial charge on any atom is -0.374 e. The maximum Gasteiger partial charge on any atom is 0.0959 e. The quantitative estimate of drug-likeness (QED) is 0.492. The number of hydrogen-bond donors (Lipinski definition) is 1. The van der Waals surface area contributed by atoms with E-state index in [1.165, 1.54) is 18.7 Å². The first kappa shape index (κ1) is 5.60. The third-order valence-electron chi connectivity index (χ3n) is 1.44. The van der Waals surface area contributed by atoms with Gasteiger partial charge in [-0.15, -0.1) is 0 Å². The Hall–Kier alpha value is -0.530. The predicted molar refractivity (Wildman–Crippen MR) is 35.2 cm³/mol. The molecule has 1 aliphatic heterocycles. The third-order valence-corrected chi connectivity index (χ3v) is 1.44. The van der Waals surface area contributed by atoms with Crippen molar-refractivity contribution in [3.63, 3.8) is 0 Å². The Morgan fingerprint density at radius 1 is 1.50 bits per heavy atom. The van der Waals surface area contributed by atoms with E-state index in [1.807, 2.05) is 7.05 Å². The van der Waals surface area contributed by atoms with E-state index < -0.39 is 0 Å². The van der Waals surface area contributed by atoms with Gasteiger partial charge in [-0.25, -0.2) is 0 Å². The van der Waals surface area contributed by atoms with Crippen molar-refractivity contribution in [2.75, 3.05) is 13.6 Å². The SMILES string of the molecule is CN=C1CCCCN1. The Morgan fingerprint density at radius 3 is 2.75 bits per heavy atom. The van der Waals surface area contributed by atoms with Crippen molar-refractivity contribution in [3.8, 4) is 0 Å². The molecule has 1 heterocycles. The highest BCUT2D eigenvalue weighted by Crippen LogP contribution is 2.00. The second kappa shape index (κ2) is 2.70. The molecule has 0 aromatic carbocycles. The molecule has 0 spiro atoms. The van der Waals surface area contributed by atoms with Crippen LogP contribution in [0, 0.1) is 0 Å². The van der Waals surface area contributed by atoms with Crippen molar-refractivity contribution in [1.29, 1.82) is 0 Å². The molecular weight excluding hydrogens is 100 g/mol. The van der Waals surface area contributed by atoms with Gasteiger partial charge in [0.15, 0.2) is 0 Å². The molecule has 0 bridgehead atoms. The Kier molecular flexibility index (Phi) is 1.89.